The molecule has 1 aromatic heterocycles. The first-order valence-corrected chi connectivity index (χ1v) is 5.63. The fourth-order valence-electron chi connectivity index (χ4n) is 1.42. The Bertz CT molecular complexity index is 298. The van der Waals surface area contributed by atoms with Gasteiger partial charge in [-0.25, -0.2) is 0 Å². The predicted molar refractivity (Wildman–Crippen MR) is 64.4 cm³/mol. The fraction of sp³-hybridized carbons (Fsp3) is 0.727. The third kappa shape index (κ3) is 4.30. The van der Waals surface area contributed by atoms with Gasteiger partial charge in [-0.3, -0.25) is 4.68 Å². The van der Waals surface area contributed by atoms with Gasteiger partial charge in [-0.1, -0.05) is 0 Å². The van der Waals surface area contributed by atoms with Crippen molar-refractivity contribution in [3.8, 4) is 0 Å². The van der Waals surface area contributed by atoms with Crippen molar-refractivity contribution < 1.29 is 4.74 Å². The van der Waals surface area contributed by atoms with E-state index in [0.29, 0.717) is 0 Å². The zero-order valence-electron chi connectivity index (χ0n) is 10.4. The van der Waals surface area contributed by atoms with Gasteiger partial charge in [0.15, 0.2) is 0 Å². The molecule has 0 fully saturated rings. The van der Waals surface area contributed by atoms with Crippen LogP contribution >= 0.6 is 0 Å². The highest BCUT2D eigenvalue weighted by molar-refractivity contribution is 5.15. The molecule has 0 saturated carbocycles. The largest absolute Gasteiger partial charge is 0.383 e. The lowest BCUT2D eigenvalue weighted by Gasteiger charge is -2.06. The summed E-state index contributed by atoms with van der Waals surface area (Å²) in [5.41, 5.74) is 2.49. The quantitative estimate of drug-likeness (QED) is 0.615. The Morgan fingerprint density at radius 2 is 2.06 bits per heavy atom. The van der Waals surface area contributed by atoms with Crippen molar-refractivity contribution in [1.82, 2.24) is 20.4 Å². The molecule has 5 heteroatoms. The molecule has 0 saturated heterocycles. The van der Waals surface area contributed by atoms with Gasteiger partial charge in [0.1, 0.15) is 0 Å². The van der Waals surface area contributed by atoms with Crippen molar-refractivity contribution in [2.75, 3.05) is 33.4 Å². The highest BCUT2D eigenvalue weighted by Crippen LogP contribution is 2.03. The summed E-state index contributed by atoms with van der Waals surface area (Å²) in [6.45, 7) is 6.55. The molecule has 0 bridgehead atoms. The molecule has 0 aliphatic heterocycles. The molecule has 2 N–H and O–H groups in total. The van der Waals surface area contributed by atoms with E-state index in [1.54, 1.807) is 7.11 Å². The van der Waals surface area contributed by atoms with Crippen LogP contribution in [0.5, 0.6) is 0 Å². The van der Waals surface area contributed by atoms with Gasteiger partial charge in [-0.05, 0) is 6.92 Å². The molecule has 0 unspecified atom stereocenters. The Kier molecular flexibility index (Phi) is 6.07. The van der Waals surface area contributed by atoms with Gasteiger partial charge >= 0.3 is 0 Å². The van der Waals surface area contributed by atoms with Crippen molar-refractivity contribution in [1.29, 1.82) is 0 Å². The zero-order chi connectivity index (χ0) is 11.8. The van der Waals surface area contributed by atoms with Crippen LogP contribution in [-0.4, -0.2) is 43.1 Å². The smallest absolute Gasteiger partial charge is 0.0587 e. The standard InChI is InChI=1S/C11H22N4O/c1-10-11(9-14-15(10)2)8-13-5-4-12-6-7-16-3/h9,12-13H,4-8H2,1-3H3. The van der Waals surface area contributed by atoms with Gasteiger partial charge in [0.25, 0.3) is 0 Å². The van der Waals surface area contributed by atoms with Crippen molar-refractivity contribution >= 4 is 0 Å². The van der Waals surface area contributed by atoms with Crippen molar-refractivity contribution in [3.05, 3.63) is 17.5 Å². The maximum atomic E-state index is 4.94. The number of rotatable bonds is 8. The Labute approximate surface area is 97.2 Å². The maximum absolute atomic E-state index is 4.94. The second-order valence-corrected chi connectivity index (χ2v) is 3.80. The van der Waals surface area contributed by atoms with E-state index < -0.39 is 0 Å². The Hall–Kier alpha value is -0.910. The third-order valence-electron chi connectivity index (χ3n) is 2.61. The average Bonchev–Trinajstić information content (AvgIpc) is 2.59. The Morgan fingerprint density at radius 3 is 2.69 bits per heavy atom. The van der Waals surface area contributed by atoms with E-state index in [2.05, 4.69) is 22.7 Å². The number of hydrogen-bond donors (Lipinski definition) is 2. The highest BCUT2D eigenvalue weighted by atomic mass is 16.5. The molecule has 1 aromatic rings. The highest BCUT2D eigenvalue weighted by Gasteiger charge is 2.01. The molecule has 0 aliphatic rings. The molecule has 0 atom stereocenters. The molecule has 0 aliphatic carbocycles. The number of ether oxygens (including phenoxy) is 1. The van der Waals surface area contributed by atoms with Gasteiger partial charge in [0.05, 0.1) is 12.8 Å². The lowest BCUT2D eigenvalue weighted by molar-refractivity contribution is 0.199. The summed E-state index contributed by atoms with van der Waals surface area (Å²) in [7, 11) is 3.68. The molecule has 16 heavy (non-hydrogen) atoms. The van der Waals surface area contributed by atoms with E-state index in [1.165, 1.54) is 11.3 Å². The first-order chi connectivity index (χ1) is 7.75. The summed E-state index contributed by atoms with van der Waals surface area (Å²) in [5.74, 6) is 0. The van der Waals surface area contributed by atoms with Crippen LogP contribution < -0.4 is 10.6 Å². The van der Waals surface area contributed by atoms with Crippen molar-refractivity contribution in [2.45, 2.75) is 13.5 Å². The molecule has 92 valence electrons. The van der Waals surface area contributed by atoms with Crippen LogP contribution in [0.3, 0.4) is 0 Å². The number of aryl methyl sites for hydroxylation is 1. The molecule has 0 spiro atoms. The van der Waals surface area contributed by atoms with Gasteiger partial charge in [-0.15, -0.1) is 0 Å². The van der Waals surface area contributed by atoms with E-state index in [0.717, 1.165) is 32.8 Å². The van der Waals surface area contributed by atoms with Crippen LogP contribution in [0, 0.1) is 6.92 Å². The van der Waals surface area contributed by atoms with E-state index in [9.17, 15) is 0 Å². The Balaban J connectivity index is 2.05. The zero-order valence-corrected chi connectivity index (χ0v) is 10.4. The Morgan fingerprint density at radius 1 is 1.31 bits per heavy atom. The second kappa shape index (κ2) is 7.38. The minimum Gasteiger partial charge on any atom is -0.383 e. The van der Waals surface area contributed by atoms with Crippen molar-refractivity contribution in [3.63, 3.8) is 0 Å². The maximum Gasteiger partial charge on any atom is 0.0587 e. The average molecular weight is 226 g/mol. The van der Waals surface area contributed by atoms with Gasteiger partial charge in [-0.2, -0.15) is 5.10 Å². The number of aromatic nitrogens is 2. The second-order valence-electron chi connectivity index (χ2n) is 3.80. The summed E-state index contributed by atoms with van der Waals surface area (Å²) in [6, 6.07) is 0. The third-order valence-corrected chi connectivity index (χ3v) is 2.61. The first-order valence-electron chi connectivity index (χ1n) is 5.63. The number of nitrogens with zero attached hydrogens (tertiary/aromatic N) is 2. The number of hydrogen-bond acceptors (Lipinski definition) is 4. The molecule has 1 heterocycles. The minimum atomic E-state index is 0.766. The topological polar surface area (TPSA) is 51.1 Å². The molecule has 0 radical (unpaired) electrons. The van der Waals surface area contributed by atoms with Crippen molar-refractivity contribution in [2.24, 2.45) is 7.05 Å². The van der Waals surface area contributed by atoms with Crippen LogP contribution in [0.2, 0.25) is 0 Å². The molecule has 1 rings (SSSR count). The van der Waals surface area contributed by atoms with Crippen LogP contribution in [0.4, 0.5) is 0 Å². The number of nitrogens with one attached hydrogen (secondary N) is 2. The fourth-order valence-corrected chi connectivity index (χ4v) is 1.42. The van der Waals surface area contributed by atoms with E-state index in [-0.39, 0.29) is 0 Å². The van der Waals surface area contributed by atoms with E-state index in [4.69, 9.17) is 4.74 Å². The van der Waals surface area contributed by atoms with E-state index >= 15 is 0 Å². The van der Waals surface area contributed by atoms with Crippen LogP contribution in [0.25, 0.3) is 0 Å². The van der Waals surface area contributed by atoms with Crippen LogP contribution in [-0.2, 0) is 18.3 Å². The SMILES string of the molecule is COCCNCCNCc1cnn(C)c1C. The molecule has 0 amide bonds. The van der Waals surface area contributed by atoms with Crippen LogP contribution in [0.1, 0.15) is 11.3 Å². The summed E-state index contributed by atoms with van der Waals surface area (Å²) >= 11 is 0. The first kappa shape index (κ1) is 13.2. The van der Waals surface area contributed by atoms with Gasteiger partial charge in [0.2, 0.25) is 0 Å². The molecule has 5 nitrogen and oxygen atoms in total. The summed E-state index contributed by atoms with van der Waals surface area (Å²) in [4.78, 5) is 0. The number of methoxy groups -OCH3 is 1. The lowest BCUT2D eigenvalue weighted by atomic mass is 10.2. The molecular formula is C11H22N4O. The summed E-state index contributed by atoms with van der Waals surface area (Å²) < 4.78 is 6.84. The van der Waals surface area contributed by atoms with Crippen LogP contribution in [0.15, 0.2) is 6.20 Å². The lowest BCUT2D eigenvalue weighted by Crippen LogP contribution is -2.29. The predicted octanol–water partition coefficient (Wildman–Crippen LogP) is 0.0541. The minimum absolute atomic E-state index is 0.766. The van der Waals surface area contributed by atoms with Gasteiger partial charge in [0, 0.05) is 51.6 Å². The molecule has 0 aromatic carbocycles. The summed E-state index contributed by atoms with van der Waals surface area (Å²) in [6.07, 6.45) is 1.92. The summed E-state index contributed by atoms with van der Waals surface area (Å²) in [5, 5.41) is 10.9. The monoisotopic (exact) mass is 226 g/mol. The normalized spacial score (nSPS) is 10.9. The molecular weight excluding hydrogens is 204 g/mol. The van der Waals surface area contributed by atoms with Gasteiger partial charge < -0.3 is 15.4 Å². The van der Waals surface area contributed by atoms with E-state index in [1.807, 2.05) is 17.9 Å².